The Morgan fingerprint density at radius 3 is 2.73 bits per heavy atom. The maximum Gasteiger partial charge on any atom is 0.214 e. The van der Waals surface area contributed by atoms with Crippen LogP contribution in [0.15, 0.2) is 53.7 Å². The molecule has 3 aromatic rings. The molecule has 0 N–H and O–H groups in total. The summed E-state index contributed by atoms with van der Waals surface area (Å²) in [6.45, 7) is 4.26. The summed E-state index contributed by atoms with van der Waals surface area (Å²) < 4.78 is 20.2. The molecule has 1 heterocycles. The van der Waals surface area contributed by atoms with Crippen molar-refractivity contribution in [1.29, 1.82) is 0 Å². The van der Waals surface area contributed by atoms with Crippen LogP contribution in [0.5, 0.6) is 5.75 Å². The van der Waals surface area contributed by atoms with Gasteiger partial charge in [0.15, 0.2) is 5.78 Å². The Balaban J connectivity index is 1.75. The van der Waals surface area contributed by atoms with E-state index in [4.69, 9.17) is 4.74 Å². The summed E-state index contributed by atoms with van der Waals surface area (Å²) in [4.78, 5) is 12.6. The molecule has 134 valence electrons. The zero-order valence-corrected chi connectivity index (χ0v) is 15.1. The second-order valence-electron chi connectivity index (χ2n) is 5.43. The summed E-state index contributed by atoms with van der Waals surface area (Å²) in [5, 5.41) is 11.5. The van der Waals surface area contributed by atoms with Crippen molar-refractivity contribution in [1.82, 2.24) is 20.2 Å². The van der Waals surface area contributed by atoms with E-state index in [1.807, 2.05) is 6.92 Å². The zero-order valence-electron chi connectivity index (χ0n) is 14.3. The van der Waals surface area contributed by atoms with Crippen LogP contribution >= 0.6 is 11.8 Å². The van der Waals surface area contributed by atoms with Crippen LogP contribution in [0.25, 0.3) is 5.69 Å². The number of benzene rings is 2. The Labute approximate surface area is 154 Å². The van der Waals surface area contributed by atoms with Crippen LogP contribution in [0.3, 0.4) is 0 Å². The third-order valence-electron chi connectivity index (χ3n) is 3.59. The number of Topliss-reactive ketones (excluding diaryl/α,β-unsaturated/α-hetero) is 1. The molecule has 2 aromatic carbocycles. The quantitative estimate of drug-likeness (QED) is 0.466. The fourth-order valence-electron chi connectivity index (χ4n) is 2.35. The van der Waals surface area contributed by atoms with Gasteiger partial charge < -0.3 is 4.74 Å². The van der Waals surface area contributed by atoms with Crippen LogP contribution < -0.4 is 4.74 Å². The van der Waals surface area contributed by atoms with Gasteiger partial charge in [-0.15, -0.1) is 5.10 Å². The molecule has 0 fully saturated rings. The molecule has 0 amide bonds. The van der Waals surface area contributed by atoms with Gasteiger partial charge in [-0.1, -0.05) is 17.8 Å². The van der Waals surface area contributed by atoms with Crippen LogP contribution in [0.1, 0.15) is 24.2 Å². The Morgan fingerprint density at radius 2 is 2.04 bits per heavy atom. The van der Waals surface area contributed by atoms with E-state index in [-0.39, 0.29) is 11.6 Å². The fourth-order valence-corrected chi connectivity index (χ4v) is 3.24. The Morgan fingerprint density at radius 1 is 1.27 bits per heavy atom. The molecule has 1 aromatic heterocycles. The van der Waals surface area contributed by atoms with Gasteiger partial charge in [-0.05, 0) is 66.7 Å². The first-order valence-electron chi connectivity index (χ1n) is 8.06. The van der Waals surface area contributed by atoms with E-state index >= 15 is 0 Å². The summed E-state index contributed by atoms with van der Waals surface area (Å²) in [5.41, 5.74) is 1.08. The number of thioether (sulfide) groups is 1. The summed E-state index contributed by atoms with van der Waals surface area (Å²) in [6, 6.07) is 13.0. The molecule has 0 saturated carbocycles. The highest BCUT2D eigenvalue weighted by Gasteiger charge is 2.20. The van der Waals surface area contributed by atoms with Crippen molar-refractivity contribution in [2.75, 3.05) is 6.61 Å². The Bertz CT molecular complexity index is 898. The van der Waals surface area contributed by atoms with E-state index in [1.54, 1.807) is 43.3 Å². The molecule has 0 radical (unpaired) electrons. The average Bonchev–Trinajstić information content (AvgIpc) is 3.10. The third kappa shape index (κ3) is 4.08. The highest BCUT2D eigenvalue weighted by molar-refractivity contribution is 8.00. The molecular formula is C18H17FN4O2S. The van der Waals surface area contributed by atoms with E-state index in [0.29, 0.717) is 23.0 Å². The van der Waals surface area contributed by atoms with E-state index < -0.39 is 5.25 Å². The molecule has 0 saturated heterocycles. The molecular weight excluding hydrogens is 355 g/mol. The lowest BCUT2D eigenvalue weighted by atomic mass is 10.1. The molecule has 1 atom stereocenters. The van der Waals surface area contributed by atoms with Crippen LogP contribution in [0, 0.1) is 5.82 Å². The van der Waals surface area contributed by atoms with Crippen molar-refractivity contribution >= 4 is 17.5 Å². The first kappa shape index (κ1) is 18.1. The van der Waals surface area contributed by atoms with Gasteiger partial charge in [0.05, 0.1) is 17.5 Å². The lowest BCUT2D eigenvalue weighted by molar-refractivity contribution is 0.0994. The van der Waals surface area contributed by atoms with Crippen molar-refractivity contribution in [2.24, 2.45) is 0 Å². The van der Waals surface area contributed by atoms with Crippen molar-refractivity contribution in [3.63, 3.8) is 0 Å². The number of ketones is 1. The van der Waals surface area contributed by atoms with E-state index in [9.17, 15) is 9.18 Å². The first-order valence-corrected chi connectivity index (χ1v) is 8.94. The fraction of sp³-hybridized carbons (Fsp3) is 0.222. The number of nitrogens with zero attached hydrogens (tertiary/aromatic N) is 4. The van der Waals surface area contributed by atoms with Gasteiger partial charge in [-0.25, -0.2) is 4.39 Å². The van der Waals surface area contributed by atoms with Crippen LogP contribution in [0.2, 0.25) is 0 Å². The number of hydrogen-bond donors (Lipinski definition) is 0. The molecule has 6 nitrogen and oxygen atoms in total. The summed E-state index contributed by atoms with van der Waals surface area (Å²) in [6.07, 6.45) is 0. The molecule has 0 spiro atoms. The van der Waals surface area contributed by atoms with E-state index in [0.717, 1.165) is 5.75 Å². The van der Waals surface area contributed by atoms with Crippen LogP contribution in [0.4, 0.5) is 4.39 Å². The molecule has 8 heteroatoms. The standard InChI is InChI=1S/C18H17FN4O2S/c1-3-25-16-9-7-13(8-10-16)17(24)12(2)26-18-20-21-22-23(18)15-6-4-5-14(19)11-15/h4-12H,3H2,1-2H3/t12-/m0/s1. The van der Waals surface area contributed by atoms with Crippen molar-refractivity contribution in [3.05, 3.63) is 59.9 Å². The summed E-state index contributed by atoms with van der Waals surface area (Å²) in [5.74, 6) is 0.290. The maximum absolute atomic E-state index is 13.4. The van der Waals surface area contributed by atoms with Crippen LogP contribution in [-0.4, -0.2) is 37.8 Å². The Hall–Kier alpha value is -2.74. The number of carbonyl (C=O) groups excluding carboxylic acids is 1. The van der Waals surface area contributed by atoms with E-state index in [1.165, 1.54) is 28.6 Å². The predicted molar refractivity (Wildman–Crippen MR) is 96.4 cm³/mol. The number of ether oxygens (including phenoxy) is 1. The monoisotopic (exact) mass is 372 g/mol. The maximum atomic E-state index is 13.4. The van der Waals surface area contributed by atoms with Crippen molar-refractivity contribution in [2.45, 2.75) is 24.3 Å². The molecule has 0 bridgehead atoms. The van der Waals surface area contributed by atoms with Gasteiger partial charge in [-0.2, -0.15) is 4.68 Å². The van der Waals surface area contributed by atoms with Gasteiger partial charge >= 0.3 is 0 Å². The number of tetrazole rings is 1. The molecule has 0 aliphatic heterocycles. The normalized spacial score (nSPS) is 12.0. The topological polar surface area (TPSA) is 69.9 Å². The summed E-state index contributed by atoms with van der Waals surface area (Å²) >= 11 is 1.22. The molecule has 0 unspecified atom stereocenters. The van der Waals surface area contributed by atoms with Crippen LogP contribution in [-0.2, 0) is 0 Å². The Kier molecular flexibility index (Phi) is 5.62. The number of hydrogen-bond acceptors (Lipinski definition) is 6. The lowest BCUT2D eigenvalue weighted by Crippen LogP contribution is -2.14. The minimum atomic E-state index is -0.411. The van der Waals surface area contributed by atoms with Gasteiger partial charge in [0, 0.05) is 5.56 Å². The second-order valence-corrected chi connectivity index (χ2v) is 6.74. The van der Waals surface area contributed by atoms with Gasteiger partial charge in [0.2, 0.25) is 5.16 Å². The molecule has 0 aliphatic rings. The lowest BCUT2D eigenvalue weighted by Gasteiger charge is -2.11. The van der Waals surface area contributed by atoms with Crippen molar-refractivity contribution in [3.8, 4) is 11.4 Å². The van der Waals surface area contributed by atoms with E-state index in [2.05, 4.69) is 15.5 Å². The summed E-state index contributed by atoms with van der Waals surface area (Å²) in [7, 11) is 0. The molecule has 3 rings (SSSR count). The molecule has 26 heavy (non-hydrogen) atoms. The number of halogens is 1. The smallest absolute Gasteiger partial charge is 0.214 e. The van der Waals surface area contributed by atoms with Crippen molar-refractivity contribution < 1.29 is 13.9 Å². The van der Waals surface area contributed by atoms with Gasteiger partial charge in [0.25, 0.3) is 0 Å². The highest BCUT2D eigenvalue weighted by Crippen LogP contribution is 2.26. The highest BCUT2D eigenvalue weighted by atomic mass is 32.2. The number of rotatable bonds is 7. The predicted octanol–water partition coefficient (Wildman–Crippen LogP) is 3.56. The first-order chi connectivity index (χ1) is 12.6. The SMILES string of the molecule is CCOc1ccc(C(=O)[C@H](C)Sc2nnnn2-c2cccc(F)c2)cc1. The average molecular weight is 372 g/mol. The van der Waals surface area contributed by atoms with Gasteiger partial charge in [-0.3, -0.25) is 4.79 Å². The minimum absolute atomic E-state index is 0.0492. The second kappa shape index (κ2) is 8.09. The molecule has 0 aliphatic carbocycles. The number of carbonyl (C=O) groups is 1. The van der Waals surface area contributed by atoms with Gasteiger partial charge in [0.1, 0.15) is 11.6 Å². The largest absolute Gasteiger partial charge is 0.494 e. The minimum Gasteiger partial charge on any atom is -0.494 e. The zero-order chi connectivity index (χ0) is 18.5. The third-order valence-corrected chi connectivity index (χ3v) is 4.63. The number of aromatic nitrogens is 4.